The number of carbonyl (C=O) groups is 1. The fraction of sp³-hybridized carbons (Fsp3) is 0.583. The summed E-state index contributed by atoms with van der Waals surface area (Å²) in [6.45, 7) is 11.6. The molecular formula is C24H35N5O3. The van der Waals surface area contributed by atoms with E-state index in [0.29, 0.717) is 17.3 Å². The molecule has 0 unspecified atom stereocenters. The fourth-order valence-electron chi connectivity index (χ4n) is 3.69. The fourth-order valence-corrected chi connectivity index (χ4v) is 3.69. The Balaban J connectivity index is 1.92. The summed E-state index contributed by atoms with van der Waals surface area (Å²) >= 11 is 0. The van der Waals surface area contributed by atoms with Crippen molar-refractivity contribution in [2.45, 2.75) is 71.9 Å². The number of likely N-dealkylation sites (N-methyl/N-ethyl adjacent to an activating group) is 1. The topological polar surface area (TPSA) is 100 Å². The van der Waals surface area contributed by atoms with E-state index in [1.165, 1.54) is 0 Å². The lowest BCUT2D eigenvalue weighted by Gasteiger charge is -2.25. The van der Waals surface area contributed by atoms with E-state index in [2.05, 4.69) is 10.3 Å². The summed E-state index contributed by atoms with van der Waals surface area (Å²) in [5.74, 6) is 1.84. The maximum Gasteiger partial charge on any atom is 0.239 e. The molecule has 0 saturated carbocycles. The van der Waals surface area contributed by atoms with Gasteiger partial charge in [0.05, 0.1) is 12.1 Å². The van der Waals surface area contributed by atoms with Crippen LogP contribution in [0.2, 0.25) is 0 Å². The van der Waals surface area contributed by atoms with Gasteiger partial charge in [0.25, 0.3) is 0 Å². The van der Waals surface area contributed by atoms with Gasteiger partial charge in [-0.05, 0) is 60.8 Å². The quantitative estimate of drug-likeness (QED) is 0.681. The smallest absolute Gasteiger partial charge is 0.239 e. The first-order valence-corrected chi connectivity index (χ1v) is 11.1. The number of rotatable bonds is 7. The van der Waals surface area contributed by atoms with Crippen LogP contribution < -0.4 is 15.0 Å². The molecule has 2 N–H and O–H groups in total. The molecule has 0 saturated heterocycles. The van der Waals surface area contributed by atoms with Crippen molar-refractivity contribution < 1.29 is 14.6 Å². The first-order chi connectivity index (χ1) is 14.8. The summed E-state index contributed by atoms with van der Waals surface area (Å²) in [5.41, 5.74) is 2.27. The molecule has 2 heterocycles. The molecule has 0 spiro atoms. The third-order valence-electron chi connectivity index (χ3n) is 4.92. The van der Waals surface area contributed by atoms with E-state index >= 15 is 0 Å². The number of nitrogens with zero attached hydrogens (tertiary/aromatic N) is 4. The van der Waals surface area contributed by atoms with Gasteiger partial charge in [-0.3, -0.25) is 4.79 Å². The van der Waals surface area contributed by atoms with Gasteiger partial charge in [-0.1, -0.05) is 0 Å². The van der Waals surface area contributed by atoms with E-state index in [4.69, 9.17) is 14.7 Å². The van der Waals surface area contributed by atoms with Gasteiger partial charge in [-0.2, -0.15) is 0 Å². The zero-order valence-corrected chi connectivity index (χ0v) is 20.2. The van der Waals surface area contributed by atoms with Gasteiger partial charge in [0, 0.05) is 41.7 Å². The van der Waals surface area contributed by atoms with E-state index in [1.807, 2.05) is 45.7 Å². The molecule has 0 aromatic carbocycles. The average Bonchev–Trinajstić information content (AvgIpc) is 3.11. The van der Waals surface area contributed by atoms with E-state index in [-0.39, 0.29) is 24.6 Å². The van der Waals surface area contributed by atoms with Gasteiger partial charge in [-0.15, -0.1) is 0 Å². The molecule has 8 nitrogen and oxygen atoms in total. The Bertz CT molecular complexity index is 992. The summed E-state index contributed by atoms with van der Waals surface area (Å²) in [5, 5.41) is 13.0. The Hall–Kier alpha value is -2.74. The molecule has 0 radical (unpaired) electrons. The van der Waals surface area contributed by atoms with E-state index in [9.17, 15) is 9.90 Å². The average molecular weight is 442 g/mol. The minimum atomic E-state index is -0.940. The number of aryl methyl sites for hydroxylation is 2. The van der Waals surface area contributed by atoms with E-state index < -0.39 is 5.60 Å². The van der Waals surface area contributed by atoms with Crippen LogP contribution in [-0.4, -0.2) is 57.3 Å². The minimum Gasteiger partial charge on any atom is -0.490 e. The van der Waals surface area contributed by atoms with E-state index in [1.54, 1.807) is 19.9 Å². The first-order valence-electron chi connectivity index (χ1n) is 11.1. The van der Waals surface area contributed by atoms with Crippen molar-refractivity contribution in [1.82, 2.24) is 20.3 Å². The molecule has 32 heavy (non-hydrogen) atoms. The number of carbonyl (C=O) groups excluding carboxylic acids is 1. The molecule has 0 fully saturated rings. The maximum atomic E-state index is 12.5. The Labute approximate surface area is 190 Å². The zero-order chi connectivity index (χ0) is 23.7. The molecule has 8 heteroatoms. The van der Waals surface area contributed by atoms with Crippen LogP contribution >= 0.6 is 0 Å². The largest absolute Gasteiger partial charge is 0.490 e. The van der Waals surface area contributed by atoms with Crippen molar-refractivity contribution in [1.29, 1.82) is 0 Å². The van der Waals surface area contributed by atoms with E-state index in [0.717, 1.165) is 42.0 Å². The SMILES string of the molecule is Cc1cc(OCC(C)(C)O)cc(-c2nc3c(c(N(C)CC(=O)NC(C)(C)C)n2)CCC3)n1. The summed E-state index contributed by atoms with van der Waals surface area (Å²) in [6, 6.07) is 3.62. The molecule has 0 bridgehead atoms. The lowest BCUT2D eigenvalue weighted by atomic mass is 10.1. The highest BCUT2D eigenvalue weighted by atomic mass is 16.5. The summed E-state index contributed by atoms with van der Waals surface area (Å²) in [4.78, 5) is 28.6. The van der Waals surface area contributed by atoms with Crippen molar-refractivity contribution in [2.75, 3.05) is 25.1 Å². The number of anilines is 1. The second-order valence-corrected chi connectivity index (χ2v) is 10.2. The molecule has 2 aromatic heterocycles. The first kappa shape index (κ1) is 23.9. The van der Waals surface area contributed by atoms with Crippen LogP contribution in [0.5, 0.6) is 5.75 Å². The van der Waals surface area contributed by atoms with Crippen LogP contribution in [0.1, 0.15) is 58.0 Å². The predicted octanol–water partition coefficient (Wildman–Crippen LogP) is 2.84. The van der Waals surface area contributed by atoms with Crippen molar-refractivity contribution in [3.8, 4) is 17.3 Å². The maximum absolute atomic E-state index is 12.5. The molecule has 1 aliphatic carbocycles. The summed E-state index contributed by atoms with van der Waals surface area (Å²) < 4.78 is 5.77. The molecule has 2 aromatic rings. The Kier molecular flexibility index (Phi) is 6.74. The van der Waals surface area contributed by atoms with Crippen molar-refractivity contribution in [2.24, 2.45) is 0 Å². The third kappa shape index (κ3) is 6.38. The van der Waals surface area contributed by atoms with Crippen LogP contribution in [0, 0.1) is 6.92 Å². The van der Waals surface area contributed by atoms with Gasteiger partial charge >= 0.3 is 0 Å². The lowest BCUT2D eigenvalue weighted by molar-refractivity contribution is -0.121. The number of fused-ring (bicyclic) bond motifs is 1. The van der Waals surface area contributed by atoms with Crippen LogP contribution in [0.4, 0.5) is 5.82 Å². The van der Waals surface area contributed by atoms with Gasteiger partial charge in [-0.25, -0.2) is 15.0 Å². The van der Waals surface area contributed by atoms with Crippen molar-refractivity contribution in [3.05, 3.63) is 29.1 Å². The molecule has 1 aliphatic rings. The van der Waals surface area contributed by atoms with Crippen LogP contribution in [0.25, 0.3) is 11.5 Å². The summed E-state index contributed by atoms with van der Waals surface area (Å²) in [6.07, 6.45) is 2.80. The number of aromatic nitrogens is 3. The number of hydrogen-bond donors (Lipinski definition) is 2. The lowest BCUT2D eigenvalue weighted by Crippen LogP contribution is -2.45. The predicted molar refractivity (Wildman–Crippen MR) is 125 cm³/mol. The Morgan fingerprint density at radius 1 is 1.16 bits per heavy atom. The van der Waals surface area contributed by atoms with Crippen LogP contribution in [0.15, 0.2) is 12.1 Å². The number of pyridine rings is 1. The second kappa shape index (κ2) is 9.02. The molecule has 0 aliphatic heterocycles. The highest BCUT2D eigenvalue weighted by Crippen LogP contribution is 2.31. The zero-order valence-electron chi connectivity index (χ0n) is 20.2. The Morgan fingerprint density at radius 3 is 2.53 bits per heavy atom. The number of amides is 1. The highest BCUT2D eigenvalue weighted by Gasteiger charge is 2.25. The number of ether oxygens (including phenoxy) is 1. The second-order valence-electron chi connectivity index (χ2n) is 10.2. The van der Waals surface area contributed by atoms with Gasteiger partial charge in [0.1, 0.15) is 23.9 Å². The standard InChI is InChI=1S/C24H35N5O3/c1-15-11-16(32-14-24(5,6)31)12-19(25-15)21-26-18-10-8-9-17(18)22(27-21)29(7)13-20(30)28-23(2,3)4/h11-12,31H,8-10,13-14H2,1-7H3,(H,28,30). The van der Waals surface area contributed by atoms with Gasteiger partial charge in [0.2, 0.25) is 5.91 Å². The minimum absolute atomic E-state index is 0.0529. The monoisotopic (exact) mass is 441 g/mol. The van der Waals surface area contributed by atoms with Crippen LogP contribution in [0.3, 0.4) is 0 Å². The Morgan fingerprint density at radius 2 is 1.88 bits per heavy atom. The highest BCUT2D eigenvalue weighted by molar-refractivity contribution is 5.82. The molecule has 0 atom stereocenters. The molecule has 3 rings (SSSR count). The third-order valence-corrected chi connectivity index (χ3v) is 4.92. The van der Waals surface area contributed by atoms with Gasteiger partial charge in [0.15, 0.2) is 5.82 Å². The number of nitrogens with one attached hydrogen (secondary N) is 1. The number of aliphatic hydroxyl groups is 1. The normalized spacial score (nSPS) is 13.6. The van der Waals surface area contributed by atoms with Gasteiger partial charge < -0.3 is 20.1 Å². The molecule has 174 valence electrons. The molecular weight excluding hydrogens is 406 g/mol. The van der Waals surface area contributed by atoms with Crippen molar-refractivity contribution in [3.63, 3.8) is 0 Å². The van der Waals surface area contributed by atoms with Crippen LogP contribution in [-0.2, 0) is 17.6 Å². The van der Waals surface area contributed by atoms with Crippen molar-refractivity contribution >= 4 is 11.7 Å². The summed E-state index contributed by atoms with van der Waals surface area (Å²) in [7, 11) is 1.88. The molecule has 1 amide bonds. The number of hydrogen-bond acceptors (Lipinski definition) is 7.